The molecule has 7 heteroatoms. The zero-order valence-corrected chi connectivity index (χ0v) is 28.1. The van der Waals surface area contributed by atoms with Crippen LogP contribution < -0.4 is 0 Å². The molecule has 0 aromatic heterocycles. The van der Waals surface area contributed by atoms with E-state index in [0.29, 0.717) is 18.8 Å². The van der Waals surface area contributed by atoms with Crippen molar-refractivity contribution in [1.29, 1.82) is 0 Å². The predicted molar refractivity (Wildman–Crippen MR) is 166 cm³/mol. The smallest absolute Gasteiger partial charge is 0.331 e. The molecule has 6 nitrogen and oxygen atoms in total. The normalized spacial score (nSPS) is 27.6. The van der Waals surface area contributed by atoms with Gasteiger partial charge in [0.1, 0.15) is 6.10 Å². The molecule has 1 saturated carbocycles. The van der Waals surface area contributed by atoms with Crippen LogP contribution in [0, 0.1) is 17.8 Å². The van der Waals surface area contributed by atoms with E-state index in [1.54, 1.807) is 0 Å². The lowest BCUT2D eigenvalue weighted by molar-refractivity contribution is -0.196. The van der Waals surface area contributed by atoms with Crippen LogP contribution in [-0.4, -0.2) is 55.7 Å². The fraction of sp³-hybridized carbons (Fsp3) is 0.970. The minimum absolute atomic E-state index is 0.0110. The molecule has 1 saturated heterocycles. The van der Waals surface area contributed by atoms with Gasteiger partial charge in [-0.15, -0.1) is 0 Å². The van der Waals surface area contributed by atoms with Gasteiger partial charge in [-0.2, -0.15) is 0 Å². The number of hydrogen-bond donors (Lipinski definition) is 2. The van der Waals surface area contributed by atoms with Crippen LogP contribution in [-0.2, 0) is 18.7 Å². The van der Waals surface area contributed by atoms with E-state index < -0.39 is 20.4 Å². The Morgan fingerprint density at radius 3 is 2.27 bits per heavy atom. The van der Waals surface area contributed by atoms with Gasteiger partial charge in [-0.05, 0) is 74.4 Å². The van der Waals surface area contributed by atoms with Gasteiger partial charge < -0.3 is 24.1 Å². The molecule has 0 aromatic carbocycles. The highest BCUT2D eigenvalue weighted by Crippen LogP contribution is 2.42. The number of ether oxygens (including phenoxy) is 2. The van der Waals surface area contributed by atoms with E-state index >= 15 is 0 Å². The van der Waals surface area contributed by atoms with Crippen LogP contribution in [0.1, 0.15) is 137 Å². The van der Waals surface area contributed by atoms with Gasteiger partial charge in [0.25, 0.3) is 0 Å². The maximum Gasteiger partial charge on any atom is 0.331 e. The standard InChI is InChI=1S/C33H64O6Si/c1-8-9-11-17-25(2)18-16-20-27-26(28(34)24-30(27)38-31-22-14-15-23-37-31)19-12-10-13-21-29(32(35)36)39-40(6,7)33(3,4)5/h25-31,34H,8-24H2,1-7H3,(H,35,36)/t25?,26-,27-,28+,29?,30?,31?/m1/s1. The molecule has 2 rings (SSSR count). The lowest BCUT2D eigenvalue weighted by Crippen LogP contribution is -2.46. The Morgan fingerprint density at radius 1 is 0.975 bits per heavy atom. The molecule has 7 atom stereocenters. The van der Waals surface area contributed by atoms with Crippen molar-refractivity contribution in [3.05, 3.63) is 0 Å². The van der Waals surface area contributed by atoms with E-state index in [1.165, 1.54) is 38.5 Å². The third kappa shape index (κ3) is 12.0. The SMILES string of the molecule is CCCCCC(C)CCC[C@H]1C(OC2CCCCO2)C[C@H](O)[C@@H]1CCCCCC(O[Si](C)(C)C(C)(C)C)C(=O)O. The number of aliphatic hydroxyl groups is 1. The number of hydrogen-bond acceptors (Lipinski definition) is 5. The first kappa shape index (κ1) is 35.7. The summed E-state index contributed by atoms with van der Waals surface area (Å²) in [6, 6.07) is 0. The van der Waals surface area contributed by atoms with Crippen molar-refractivity contribution in [2.45, 2.75) is 180 Å². The second-order valence-corrected chi connectivity index (χ2v) is 19.2. The number of aliphatic carboxylic acids is 1. The van der Waals surface area contributed by atoms with Crippen LogP contribution in [0.2, 0.25) is 18.1 Å². The van der Waals surface area contributed by atoms with Gasteiger partial charge >= 0.3 is 5.97 Å². The summed E-state index contributed by atoms with van der Waals surface area (Å²) >= 11 is 0. The van der Waals surface area contributed by atoms with Crippen molar-refractivity contribution in [3.63, 3.8) is 0 Å². The molecule has 2 fully saturated rings. The van der Waals surface area contributed by atoms with E-state index in [9.17, 15) is 15.0 Å². The lowest BCUT2D eigenvalue weighted by Gasteiger charge is -2.38. The number of unbranched alkanes of at least 4 members (excludes halogenated alkanes) is 4. The first-order valence-corrected chi connectivity index (χ1v) is 19.6. The second kappa shape index (κ2) is 17.6. The fourth-order valence-corrected chi connectivity index (χ4v) is 7.65. The molecule has 40 heavy (non-hydrogen) atoms. The molecule has 4 unspecified atom stereocenters. The fourth-order valence-electron chi connectivity index (χ4n) is 6.37. The monoisotopic (exact) mass is 584 g/mol. The summed E-state index contributed by atoms with van der Waals surface area (Å²) in [5, 5.41) is 20.9. The molecule has 236 valence electrons. The van der Waals surface area contributed by atoms with Gasteiger partial charge in [-0.3, -0.25) is 0 Å². The summed E-state index contributed by atoms with van der Waals surface area (Å²) in [6.07, 6.45) is 16.0. The van der Waals surface area contributed by atoms with Crippen molar-refractivity contribution in [2.24, 2.45) is 17.8 Å². The molecule has 1 aliphatic carbocycles. The number of carbonyl (C=O) groups is 1. The van der Waals surface area contributed by atoms with E-state index in [4.69, 9.17) is 13.9 Å². The molecule has 2 aliphatic rings. The molecule has 1 aliphatic heterocycles. The van der Waals surface area contributed by atoms with Crippen molar-refractivity contribution < 1.29 is 28.9 Å². The summed E-state index contributed by atoms with van der Waals surface area (Å²) in [5.74, 6) is 0.540. The minimum Gasteiger partial charge on any atom is -0.479 e. The third-order valence-electron chi connectivity index (χ3n) is 10.0. The molecule has 0 aromatic rings. The van der Waals surface area contributed by atoms with E-state index in [-0.39, 0.29) is 29.5 Å². The van der Waals surface area contributed by atoms with Gasteiger partial charge in [0.15, 0.2) is 14.6 Å². The van der Waals surface area contributed by atoms with Crippen molar-refractivity contribution in [3.8, 4) is 0 Å². The Bertz CT molecular complexity index is 702. The zero-order valence-electron chi connectivity index (χ0n) is 27.1. The minimum atomic E-state index is -2.13. The van der Waals surface area contributed by atoms with Crippen LogP contribution in [0.15, 0.2) is 0 Å². The average Bonchev–Trinajstić information content (AvgIpc) is 3.16. The first-order valence-electron chi connectivity index (χ1n) is 16.7. The molecular weight excluding hydrogens is 520 g/mol. The van der Waals surface area contributed by atoms with Gasteiger partial charge in [-0.1, -0.05) is 92.4 Å². The zero-order chi connectivity index (χ0) is 29.8. The van der Waals surface area contributed by atoms with Gasteiger partial charge in [0, 0.05) is 13.0 Å². The molecule has 2 N–H and O–H groups in total. The van der Waals surface area contributed by atoms with Crippen molar-refractivity contribution >= 4 is 14.3 Å². The van der Waals surface area contributed by atoms with E-state index in [2.05, 4.69) is 47.7 Å². The number of rotatable bonds is 19. The van der Waals surface area contributed by atoms with Crippen LogP contribution in [0.25, 0.3) is 0 Å². The molecular formula is C33H64O6Si. The summed E-state index contributed by atoms with van der Waals surface area (Å²) < 4.78 is 18.6. The van der Waals surface area contributed by atoms with E-state index in [0.717, 1.165) is 63.9 Å². The summed E-state index contributed by atoms with van der Waals surface area (Å²) in [6.45, 7) is 16.1. The maximum atomic E-state index is 11.9. The highest BCUT2D eigenvalue weighted by Gasteiger charge is 2.44. The predicted octanol–water partition coefficient (Wildman–Crippen LogP) is 8.71. The Balaban J connectivity index is 1.88. The van der Waals surface area contributed by atoms with Crippen LogP contribution in [0.5, 0.6) is 0 Å². The van der Waals surface area contributed by atoms with Crippen molar-refractivity contribution in [1.82, 2.24) is 0 Å². The highest BCUT2D eigenvalue weighted by molar-refractivity contribution is 6.74. The van der Waals surface area contributed by atoms with Crippen molar-refractivity contribution in [2.75, 3.05) is 6.61 Å². The van der Waals surface area contributed by atoms with Gasteiger partial charge in [0.2, 0.25) is 0 Å². The lowest BCUT2D eigenvalue weighted by atomic mass is 9.84. The molecule has 0 radical (unpaired) electrons. The van der Waals surface area contributed by atoms with E-state index in [1.807, 2.05) is 0 Å². The van der Waals surface area contributed by atoms with Gasteiger partial charge in [-0.25, -0.2) is 4.79 Å². The van der Waals surface area contributed by atoms with Gasteiger partial charge in [0.05, 0.1) is 12.2 Å². The Labute approximate surface area is 247 Å². The summed E-state index contributed by atoms with van der Waals surface area (Å²) in [5.41, 5.74) is 0. The van der Waals surface area contributed by atoms with Crippen LogP contribution in [0.3, 0.4) is 0 Å². The number of carboxylic acids is 1. The van der Waals surface area contributed by atoms with Crippen LogP contribution >= 0.6 is 0 Å². The van der Waals surface area contributed by atoms with Crippen LogP contribution in [0.4, 0.5) is 0 Å². The molecule has 0 bridgehead atoms. The quantitative estimate of drug-likeness (QED) is 0.117. The molecule has 0 spiro atoms. The summed E-state index contributed by atoms with van der Waals surface area (Å²) in [4.78, 5) is 11.9. The molecule has 0 amide bonds. The summed E-state index contributed by atoms with van der Waals surface area (Å²) in [7, 11) is -2.13. The Hall–Kier alpha value is -0.473. The highest BCUT2D eigenvalue weighted by atomic mass is 28.4. The first-order chi connectivity index (χ1) is 18.9. The maximum absolute atomic E-state index is 11.9. The Kier molecular flexibility index (Phi) is 15.7. The topological polar surface area (TPSA) is 85.2 Å². The third-order valence-corrected chi connectivity index (χ3v) is 14.5. The number of aliphatic hydroxyl groups excluding tert-OH is 1. The largest absolute Gasteiger partial charge is 0.479 e. The number of carboxylic acid groups (broad SMARTS) is 1. The Morgan fingerprint density at radius 2 is 1.65 bits per heavy atom. The average molecular weight is 585 g/mol. The molecule has 1 heterocycles. The second-order valence-electron chi connectivity index (χ2n) is 14.5.